The van der Waals surface area contributed by atoms with Gasteiger partial charge in [0.15, 0.2) is 0 Å². The first-order chi connectivity index (χ1) is 13.6. The Morgan fingerprint density at radius 3 is 2.50 bits per heavy atom. The van der Waals surface area contributed by atoms with Crippen LogP contribution in [0.1, 0.15) is 72.6 Å². The van der Waals surface area contributed by atoms with E-state index in [2.05, 4.69) is 44.0 Å². The summed E-state index contributed by atoms with van der Waals surface area (Å²) in [6, 6.07) is 3.62. The fraction of sp³-hybridized carbons (Fsp3) is 0.870. The van der Waals surface area contributed by atoms with Gasteiger partial charge in [-0.15, -0.1) is 0 Å². The van der Waals surface area contributed by atoms with E-state index in [0.717, 1.165) is 56.4 Å². The minimum absolute atomic E-state index is 0.00685. The molecule has 0 aromatic heterocycles. The number of rotatable bonds is 6. The van der Waals surface area contributed by atoms with E-state index in [-0.39, 0.29) is 24.0 Å². The maximum atomic E-state index is 10.0. The van der Waals surface area contributed by atoms with E-state index in [1.165, 1.54) is 19.3 Å². The van der Waals surface area contributed by atoms with Gasteiger partial charge in [0.05, 0.1) is 30.3 Å². The molecular formula is C23H39N5. The highest BCUT2D eigenvalue weighted by Crippen LogP contribution is 2.34. The lowest BCUT2D eigenvalue weighted by Crippen LogP contribution is -2.54. The van der Waals surface area contributed by atoms with Crippen LogP contribution in [0.4, 0.5) is 0 Å². The quantitative estimate of drug-likeness (QED) is 0.750. The average Bonchev–Trinajstić information content (AvgIpc) is 2.70. The molecule has 156 valence electrons. The molecule has 3 rings (SSSR count). The van der Waals surface area contributed by atoms with E-state index in [0.29, 0.717) is 6.04 Å². The van der Waals surface area contributed by atoms with Crippen LogP contribution in [0.5, 0.6) is 0 Å². The first kappa shape index (κ1) is 21.3. The van der Waals surface area contributed by atoms with Gasteiger partial charge in [0.1, 0.15) is 5.84 Å². The van der Waals surface area contributed by atoms with Crippen molar-refractivity contribution < 1.29 is 0 Å². The van der Waals surface area contributed by atoms with Crippen LogP contribution in [0, 0.1) is 29.1 Å². The Bertz CT molecular complexity index is 601. The van der Waals surface area contributed by atoms with E-state index < -0.39 is 0 Å². The summed E-state index contributed by atoms with van der Waals surface area (Å²) in [4.78, 5) is 12.3. The zero-order valence-corrected chi connectivity index (χ0v) is 18.3. The van der Waals surface area contributed by atoms with Gasteiger partial charge in [-0.1, -0.05) is 27.7 Å². The molecule has 5 nitrogen and oxygen atoms in total. The number of aliphatic imine (C=N–C) groups is 2. The molecule has 0 aromatic rings. The molecule has 7 atom stereocenters. The Morgan fingerprint density at radius 1 is 1.11 bits per heavy atom. The van der Waals surface area contributed by atoms with Crippen molar-refractivity contribution in [2.75, 3.05) is 13.1 Å². The standard InChI is InChI=1S/C23H39N5/c1-5-11-28(12-6-2)22-15-25-21-10-9-20(19(14-24)23(21)27-22)26-18-8-7-16(3)17(4)13-18/h15-21,23,26H,5-13H2,1-4H3. The van der Waals surface area contributed by atoms with Crippen LogP contribution >= 0.6 is 0 Å². The van der Waals surface area contributed by atoms with Crippen LogP contribution in [0.15, 0.2) is 9.98 Å². The van der Waals surface area contributed by atoms with Gasteiger partial charge < -0.3 is 10.2 Å². The lowest BCUT2D eigenvalue weighted by molar-refractivity contribution is 0.177. The molecule has 1 aliphatic heterocycles. The molecule has 0 bridgehead atoms. The van der Waals surface area contributed by atoms with Gasteiger partial charge in [0, 0.05) is 25.2 Å². The number of hydrogen-bond acceptors (Lipinski definition) is 5. The molecule has 0 aromatic carbocycles. The SMILES string of the molecule is CCCN(CCC)C1=NC2C(CCC(NC3CCC(C)C(C)C3)C2C#N)N=C1. The maximum absolute atomic E-state index is 10.0. The summed E-state index contributed by atoms with van der Waals surface area (Å²) in [7, 11) is 0. The van der Waals surface area contributed by atoms with Crippen LogP contribution in [0.25, 0.3) is 0 Å². The van der Waals surface area contributed by atoms with Crippen molar-refractivity contribution in [1.82, 2.24) is 10.2 Å². The molecule has 0 amide bonds. The molecule has 1 N–H and O–H groups in total. The van der Waals surface area contributed by atoms with Crippen LogP contribution in [-0.2, 0) is 0 Å². The summed E-state index contributed by atoms with van der Waals surface area (Å²) < 4.78 is 0. The topological polar surface area (TPSA) is 63.8 Å². The molecule has 3 aliphatic rings. The Hall–Kier alpha value is -1.41. The number of nitrogens with zero attached hydrogens (tertiary/aromatic N) is 4. The Kier molecular flexibility index (Phi) is 7.51. The fourth-order valence-corrected chi connectivity index (χ4v) is 5.25. The second-order valence-electron chi connectivity index (χ2n) is 9.28. The van der Waals surface area contributed by atoms with E-state index in [9.17, 15) is 5.26 Å². The molecule has 28 heavy (non-hydrogen) atoms. The van der Waals surface area contributed by atoms with Gasteiger partial charge in [0.2, 0.25) is 0 Å². The van der Waals surface area contributed by atoms with Gasteiger partial charge in [-0.3, -0.25) is 9.98 Å². The maximum Gasteiger partial charge on any atom is 0.142 e. The molecule has 0 saturated heterocycles. The number of amidine groups is 1. The molecular weight excluding hydrogens is 346 g/mol. The second kappa shape index (κ2) is 9.87. The van der Waals surface area contributed by atoms with E-state index in [4.69, 9.17) is 9.98 Å². The van der Waals surface area contributed by atoms with Crippen molar-refractivity contribution >= 4 is 12.1 Å². The van der Waals surface area contributed by atoms with Crippen molar-refractivity contribution in [3.05, 3.63) is 0 Å². The number of nitriles is 1. The predicted octanol–water partition coefficient (Wildman–Crippen LogP) is 4.04. The minimum Gasteiger partial charge on any atom is -0.356 e. The average molecular weight is 386 g/mol. The van der Waals surface area contributed by atoms with E-state index >= 15 is 0 Å². The molecule has 2 aliphatic carbocycles. The molecule has 2 saturated carbocycles. The van der Waals surface area contributed by atoms with Crippen molar-refractivity contribution in [3.8, 4) is 6.07 Å². The van der Waals surface area contributed by atoms with Crippen molar-refractivity contribution in [3.63, 3.8) is 0 Å². The fourth-order valence-electron chi connectivity index (χ4n) is 5.25. The molecule has 5 heteroatoms. The zero-order chi connectivity index (χ0) is 20.1. The van der Waals surface area contributed by atoms with Crippen molar-refractivity contribution in [1.29, 1.82) is 5.26 Å². The summed E-state index contributed by atoms with van der Waals surface area (Å²) in [6.45, 7) is 11.2. The van der Waals surface area contributed by atoms with Gasteiger partial charge in [-0.2, -0.15) is 5.26 Å². The summed E-state index contributed by atoms with van der Waals surface area (Å²) in [6.07, 6.45) is 10.0. The van der Waals surface area contributed by atoms with Crippen LogP contribution in [-0.4, -0.2) is 54.2 Å². The predicted molar refractivity (Wildman–Crippen MR) is 117 cm³/mol. The largest absolute Gasteiger partial charge is 0.356 e. The Balaban J connectivity index is 1.71. The lowest BCUT2D eigenvalue weighted by Gasteiger charge is -2.42. The van der Waals surface area contributed by atoms with Crippen LogP contribution in [0.2, 0.25) is 0 Å². The van der Waals surface area contributed by atoms with Crippen molar-refractivity contribution in [2.24, 2.45) is 27.7 Å². The van der Waals surface area contributed by atoms with Gasteiger partial charge in [-0.05, 0) is 56.8 Å². The summed E-state index contributed by atoms with van der Waals surface area (Å²) in [5.74, 6) is 2.50. The third-order valence-electron chi connectivity index (χ3n) is 7.14. The molecule has 1 heterocycles. The highest BCUT2D eigenvalue weighted by Gasteiger charge is 2.42. The summed E-state index contributed by atoms with van der Waals surface area (Å²) >= 11 is 0. The Morgan fingerprint density at radius 2 is 1.86 bits per heavy atom. The molecule has 2 fully saturated rings. The first-order valence-electron chi connectivity index (χ1n) is 11.6. The summed E-state index contributed by atoms with van der Waals surface area (Å²) in [5.41, 5.74) is 0. The van der Waals surface area contributed by atoms with Gasteiger partial charge in [0.25, 0.3) is 0 Å². The van der Waals surface area contributed by atoms with E-state index in [1.807, 2.05) is 6.21 Å². The second-order valence-corrected chi connectivity index (χ2v) is 9.28. The molecule has 7 unspecified atom stereocenters. The smallest absolute Gasteiger partial charge is 0.142 e. The van der Waals surface area contributed by atoms with Crippen molar-refractivity contribution in [2.45, 2.75) is 96.8 Å². The number of nitrogens with one attached hydrogen (secondary N) is 1. The monoisotopic (exact) mass is 385 g/mol. The third kappa shape index (κ3) is 4.76. The highest BCUT2D eigenvalue weighted by atomic mass is 15.2. The van der Waals surface area contributed by atoms with Crippen LogP contribution < -0.4 is 5.32 Å². The normalized spacial score (nSPS) is 37.7. The van der Waals surface area contributed by atoms with E-state index in [1.54, 1.807) is 0 Å². The lowest BCUT2D eigenvalue weighted by atomic mass is 9.75. The highest BCUT2D eigenvalue weighted by molar-refractivity contribution is 6.29. The molecule has 0 radical (unpaired) electrons. The number of hydrogen-bond donors (Lipinski definition) is 1. The van der Waals surface area contributed by atoms with Gasteiger partial charge in [-0.25, -0.2) is 0 Å². The zero-order valence-electron chi connectivity index (χ0n) is 18.3. The Labute approximate surface area is 171 Å². The van der Waals surface area contributed by atoms with Crippen LogP contribution in [0.3, 0.4) is 0 Å². The summed E-state index contributed by atoms with van der Waals surface area (Å²) in [5, 5.41) is 13.9. The third-order valence-corrected chi connectivity index (χ3v) is 7.14. The molecule has 0 spiro atoms. The minimum atomic E-state index is -0.0778. The van der Waals surface area contributed by atoms with Gasteiger partial charge >= 0.3 is 0 Å². The first-order valence-corrected chi connectivity index (χ1v) is 11.6. The number of fused-ring (bicyclic) bond motifs is 1.